The van der Waals surface area contributed by atoms with Gasteiger partial charge < -0.3 is 10.1 Å². The monoisotopic (exact) mass is 506 g/mol. The molecule has 0 aliphatic carbocycles. The van der Waals surface area contributed by atoms with Crippen molar-refractivity contribution in [1.82, 2.24) is 4.31 Å². The predicted molar refractivity (Wildman–Crippen MR) is 132 cm³/mol. The van der Waals surface area contributed by atoms with Crippen molar-refractivity contribution in [2.75, 3.05) is 19.0 Å². The van der Waals surface area contributed by atoms with E-state index in [1.807, 2.05) is 19.9 Å². The number of sulfonamides is 1. The molecule has 0 saturated carbocycles. The van der Waals surface area contributed by atoms with Crippen LogP contribution in [0.1, 0.15) is 28.4 Å². The van der Waals surface area contributed by atoms with Crippen LogP contribution in [0.4, 0.5) is 5.69 Å². The average molecular weight is 507 g/mol. The van der Waals surface area contributed by atoms with Crippen molar-refractivity contribution in [2.45, 2.75) is 25.3 Å². The van der Waals surface area contributed by atoms with E-state index in [2.05, 4.69) is 5.32 Å². The van der Waals surface area contributed by atoms with Gasteiger partial charge in [-0.05, 0) is 74.0 Å². The van der Waals surface area contributed by atoms with Crippen LogP contribution in [0.3, 0.4) is 0 Å². The highest BCUT2D eigenvalue weighted by Gasteiger charge is 2.23. The summed E-state index contributed by atoms with van der Waals surface area (Å²) in [6, 6.07) is 16.1. The van der Waals surface area contributed by atoms with Crippen LogP contribution in [-0.4, -0.2) is 32.3 Å². The first-order valence-electron chi connectivity index (χ1n) is 10.2. The molecule has 6 nitrogen and oxygen atoms in total. The molecule has 0 aromatic heterocycles. The van der Waals surface area contributed by atoms with Gasteiger partial charge in [-0.2, -0.15) is 4.31 Å². The Bertz CT molecular complexity index is 1260. The van der Waals surface area contributed by atoms with Crippen molar-refractivity contribution >= 4 is 44.8 Å². The Morgan fingerprint density at radius 3 is 2.33 bits per heavy atom. The van der Waals surface area contributed by atoms with Crippen LogP contribution < -0.4 is 10.1 Å². The van der Waals surface area contributed by atoms with E-state index in [0.29, 0.717) is 39.2 Å². The van der Waals surface area contributed by atoms with Crippen LogP contribution in [-0.2, 0) is 16.6 Å². The fraction of sp³-hybridized carbons (Fsp3) is 0.208. The summed E-state index contributed by atoms with van der Waals surface area (Å²) in [5.74, 6) is 0.166. The Morgan fingerprint density at radius 2 is 1.67 bits per heavy atom. The minimum Gasteiger partial charge on any atom is -0.494 e. The quantitative estimate of drug-likeness (QED) is 0.420. The molecule has 0 spiro atoms. The fourth-order valence-corrected chi connectivity index (χ4v) is 4.62. The number of hydrogen-bond acceptors (Lipinski definition) is 4. The Labute approximate surface area is 204 Å². The summed E-state index contributed by atoms with van der Waals surface area (Å²) in [5, 5.41) is 3.81. The van der Waals surface area contributed by atoms with Crippen LogP contribution in [0, 0.1) is 6.92 Å². The summed E-state index contributed by atoms with van der Waals surface area (Å²) in [5.41, 5.74) is 2.40. The molecule has 9 heteroatoms. The van der Waals surface area contributed by atoms with E-state index >= 15 is 0 Å². The zero-order valence-corrected chi connectivity index (χ0v) is 20.8. The van der Waals surface area contributed by atoms with Gasteiger partial charge in [0.1, 0.15) is 5.75 Å². The van der Waals surface area contributed by atoms with E-state index in [-0.39, 0.29) is 17.3 Å². The molecule has 0 saturated heterocycles. The van der Waals surface area contributed by atoms with Gasteiger partial charge in [-0.15, -0.1) is 0 Å². The molecule has 1 N–H and O–H groups in total. The minimum atomic E-state index is -3.77. The zero-order chi connectivity index (χ0) is 24.2. The summed E-state index contributed by atoms with van der Waals surface area (Å²) >= 11 is 11.9. The van der Waals surface area contributed by atoms with Gasteiger partial charge in [0.2, 0.25) is 10.0 Å². The molecule has 0 atom stereocenters. The van der Waals surface area contributed by atoms with Gasteiger partial charge in [-0.1, -0.05) is 29.3 Å². The molecular formula is C24H24Cl2N2O4S. The summed E-state index contributed by atoms with van der Waals surface area (Å²) in [6.07, 6.45) is 0. The molecule has 0 aliphatic rings. The van der Waals surface area contributed by atoms with Crippen molar-refractivity contribution in [3.8, 4) is 5.75 Å². The van der Waals surface area contributed by atoms with Gasteiger partial charge >= 0.3 is 0 Å². The summed E-state index contributed by atoms with van der Waals surface area (Å²) in [4.78, 5) is 13.0. The van der Waals surface area contributed by atoms with Crippen LogP contribution >= 0.6 is 23.2 Å². The molecule has 3 rings (SSSR count). The third kappa shape index (κ3) is 6.06. The molecule has 33 heavy (non-hydrogen) atoms. The van der Waals surface area contributed by atoms with Gasteiger partial charge in [0.15, 0.2) is 0 Å². The third-order valence-corrected chi connectivity index (χ3v) is 7.29. The van der Waals surface area contributed by atoms with Gasteiger partial charge in [0, 0.05) is 40.5 Å². The van der Waals surface area contributed by atoms with Crippen molar-refractivity contribution < 1.29 is 17.9 Å². The summed E-state index contributed by atoms with van der Waals surface area (Å²) in [6.45, 7) is 4.11. The standard InChI is InChI=1S/C24H24Cl2N2O4S/c1-4-32-23-12-6-17(24(29)27-22-14-20(26)7-5-16(22)2)13-18(23)15-28(3)33(30,31)21-10-8-19(25)9-11-21/h5-14H,4,15H2,1-3H3,(H,27,29). The lowest BCUT2D eigenvalue weighted by atomic mass is 10.1. The molecule has 1 amide bonds. The summed E-state index contributed by atoms with van der Waals surface area (Å²) < 4.78 is 32.9. The van der Waals surface area contributed by atoms with Gasteiger partial charge in [0.25, 0.3) is 5.91 Å². The number of nitrogens with one attached hydrogen (secondary N) is 1. The maximum absolute atomic E-state index is 13.0. The summed E-state index contributed by atoms with van der Waals surface area (Å²) in [7, 11) is -2.30. The molecule has 0 radical (unpaired) electrons. The van der Waals surface area contributed by atoms with Crippen molar-refractivity contribution in [2.24, 2.45) is 0 Å². The normalized spacial score (nSPS) is 11.5. The van der Waals surface area contributed by atoms with Crippen LogP contribution in [0.15, 0.2) is 65.6 Å². The number of halogens is 2. The first-order chi connectivity index (χ1) is 15.6. The van der Waals surface area contributed by atoms with Gasteiger partial charge in [0.05, 0.1) is 11.5 Å². The van der Waals surface area contributed by atoms with Crippen molar-refractivity contribution in [3.05, 3.63) is 87.4 Å². The van der Waals surface area contributed by atoms with E-state index in [1.54, 1.807) is 30.3 Å². The zero-order valence-electron chi connectivity index (χ0n) is 18.4. The number of carbonyl (C=O) groups is 1. The molecule has 0 fully saturated rings. The second-order valence-corrected chi connectivity index (χ2v) is 10.3. The lowest BCUT2D eigenvalue weighted by molar-refractivity contribution is 0.102. The Balaban J connectivity index is 1.89. The minimum absolute atomic E-state index is 0.0115. The van der Waals surface area contributed by atoms with Gasteiger partial charge in [-0.25, -0.2) is 8.42 Å². The number of hydrogen-bond donors (Lipinski definition) is 1. The van der Waals surface area contributed by atoms with Crippen LogP contribution in [0.25, 0.3) is 0 Å². The van der Waals surface area contributed by atoms with E-state index in [4.69, 9.17) is 27.9 Å². The second kappa shape index (κ2) is 10.6. The molecular weight excluding hydrogens is 483 g/mol. The van der Waals surface area contributed by atoms with E-state index in [1.165, 1.54) is 35.6 Å². The highest BCUT2D eigenvalue weighted by Crippen LogP contribution is 2.26. The Kier molecular flexibility index (Phi) is 8.02. The number of carbonyl (C=O) groups excluding carboxylic acids is 1. The molecule has 0 aliphatic heterocycles. The predicted octanol–water partition coefficient (Wildman–Crippen LogP) is 5.77. The lowest BCUT2D eigenvalue weighted by Gasteiger charge is -2.20. The lowest BCUT2D eigenvalue weighted by Crippen LogP contribution is -2.27. The first-order valence-corrected chi connectivity index (χ1v) is 12.4. The van der Waals surface area contributed by atoms with Crippen molar-refractivity contribution in [1.29, 1.82) is 0 Å². The molecule has 3 aromatic carbocycles. The molecule has 0 heterocycles. The average Bonchev–Trinajstić information content (AvgIpc) is 2.77. The maximum atomic E-state index is 13.0. The number of ether oxygens (including phenoxy) is 1. The van der Waals surface area contributed by atoms with E-state index in [9.17, 15) is 13.2 Å². The Hall–Kier alpha value is -2.58. The highest BCUT2D eigenvalue weighted by molar-refractivity contribution is 7.89. The number of benzene rings is 3. The SMILES string of the molecule is CCOc1ccc(C(=O)Nc2cc(Cl)ccc2C)cc1CN(C)S(=O)(=O)c1ccc(Cl)cc1. The van der Waals surface area contributed by atoms with Crippen LogP contribution in [0.2, 0.25) is 10.0 Å². The second-order valence-electron chi connectivity index (χ2n) is 7.38. The Morgan fingerprint density at radius 1 is 1.00 bits per heavy atom. The first kappa shape index (κ1) is 25.1. The molecule has 0 bridgehead atoms. The molecule has 174 valence electrons. The van der Waals surface area contributed by atoms with Gasteiger partial charge in [-0.3, -0.25) is 4.79 Å². The van der Waals surface area contributed by atoms with Crippen LogP contribution in [0.5, 0.6) is 5.75 Å². The molecule has 0 unspecified atom stereocenters. The van der Waals surface area contributed by atoms with E-state index in [0.717, 1.165) is 5.56 Å². The smallest absolute Gasteiger partial charge is 0.255 e. The number of aryl methyl sites for hydroxylation is 1. The number of nitrogens with zero attached hydrogens (tertiary/aromatic N) is 1. The van der Waals surface area contributed by atoms with E-state index < -0.39 is 10.0 Å². The number of amides is 1. The number of anilines is 1. The number of rotatable bonds is 8. The highest BCUT2D eigenvalue weighted by atomic mass is 35.5. The molecule has 3 aromatic rings. The largest absolute Gasteiger partial charge is 0.494 e. The fourth-order valence-electron chi connectivity index (χ4n) is 3.18. The topological polar surface area (TPSA) is 75.7 Å². The third-order valence-electron chi connectivity index (χ3n) is 4.99. The van der Waals surface area contributed by atoms with Crippen molar-refractivity contribution in [3.63, 3.8) is 0 Å². The maximum Gasteiger partial charge on any atom is 0.255 e.